The Morgan fingerprint density at radius 2 is 0.583 bits per heavy atom. The van der Waals surface area contributed by atoms with Crippen molar-refractivity contribution in [2.24, 2.45) is 98.0 Å². The number of nitrogens with one attached hydrogen (secondary N) is 1. The highest BCUT2D eigenvalue weighted by atomic mass is 16.8. The highest BCUT2D eigenvalue weighted by molar-refractivity contribution is 5.10. The van der Waals surface area contributed by atoms with Crippen LogP contribution >= 0.6 is 0 Å². The molecule has 4 aliphatic carbocycles. The summed E-state index contributed by atoms with van der Waals surface area (Å²) >= 11 is 0. The van der Waals surface area contributed by atoms with Gasteiger partial charge in [0, 0.05) is 85.2 Å². The third-order valence-electron chi connectivity index (χ3n) is 28.1. The summed E-state index contributed by atoms with van der Waals surface area (Å²) in [6.07, 6.45) is -35.6. The van der Waals surface area contributed by atoms with Crippen molar-refractivity contribution in [3.05, 3.63) is 0 Å². The Morgan fingerprint density at radius 3 is 0.858 bits per heavy atom. The van der Waals surface area contributed by atoms with E-state index in [1.54, 1.807) is 20.8 Å². The molecule has 10 saturated heterocycles. The molecule has 0 amide bonds. The molecule has 10 aliphatic heterocycles. The van der Waals surface area contributed by atoms with Gasteiger partial charge in [-0.05, 0) is 84.6 Å². The Bertz CT molecular complexity index is 3330. The first-order valence-corrected chi connectivity index (χ1v) is 44.7. The Balaban J connectivity index is 0.000000173. The van der Waals surface area contributed by atoms with Gasteiger partial charge in [0.1, 0.15) is 128 Å². The molecular formula is C78H149N15O34. The standard InChI is InChI=1S/C26H49N5O12.C26H49N5O11.C26H51N5O11/c1-9-16(33)18(35)13(5-27)38-23(9)42-21-14(6-32)39-25(19(21)36)43-22-17(34)11(29)4-12(30)20(22)41-24-10(28)2-3-15(40-24)26(31)7-37-8-26;1-9-16(33)18(35)13(7-27)37-23(9)41-21-14(8-32)38-25(19(21)36)42-22-17(34)11(29)6-12(30)20(22)40-24-10(28)2-3-15(39-24)26(31)4-5-26;1-9-17(33)19(35)15(7-27)38-24(9)41-22-16(8-32)39-26(20(22)36)42-23-18(34)12(29)6-13(30)21(23)40-25-11(28)4-5-14(37-25)10(2)31-3/h9-25,32-36H,2-8,27-31H2,1H3;9-25,32-36H,2-8,27-31H2,1H3;9-26,31-36H,4-8,27-30H2,1-3H3. The Labute approximate surface area is 736 Å². The van der Waals surface area contributed by atoms with Crippen LogP contribution in [-0.2, 0) is 90.0 Å². The molecule has 10 heterocycles. The Kier molecular flexibility index (Phi) is 36.6. The van der Waals surface area contributed by atoms with Crippen molar-refractivity contribution in [3.8, 4) is 0 Å². The molecule has 14 rings (SSSR count). The van der Waals surface area contributed by atoms with Crippen LogP contribution in [0.15, 0.2) is 0 Å². The molecule has 0 spiro atoms. The first kappa shape index (κ1) is 104. The van der Waals surface area contributed by atoms with E-state index in [1.807, 2.05) is 14.0 Å². The number of hydrogen-bond donors (Lipinski definition) is 30. The third kappa shape index (κ3) is 22.9. The first-order valence-electron chi connectivity index (χ1n) is 44.7. The number of ether oxygens (including phenoxy) is 19. The van der Waals surface area contributed by atoms with E-state index in [-0.39, 0.29) is 63.3 Å². The summed E-state index contributed by atoms with van der Waals surface area (Å²) < 4.78 is 113. The zero-order valence-corrected chi connectivity index (χ0v) is 72.5. The van der Waals surface area contributed by atoms with Gasteiger partial charge in [0.05, 0.1) is 112 Å². The molecular weight excluding hydrogens is 1690 g/mol. The van der Waals surface area contributed by atoms with Crippen LogP contribution in [0.25, 0.3) is 0 Å². The lowest BCUT2D eigenvalue weighted by Gasteiger charge is -2.49. The lowest BCUT2D eigenvalue weighted by Crippen LogP contribution is -2.69. The average Bonchev–Trinajstić information content (AvgIpc) is 1.68. The van der Waals surface area contributed by atoms with Gasteiger partial charge in [-0.2, -0.15) is 0 Å². The largest absolute Gasteiger partial charge is 0.394 e. The van der Waals surface area contributed by atoms with Crippen molar-refractivity contribution in [3.63, 3.8) is 0 Å². The van der Waals surface area contributed by atoms with Gasteiger partial charge in [-0.25, -0.2) is 0 Å². The van der Waals surface area contributed by atoms with Crippen molar-refractivity contribution < 1.29 is 167 Å². The van der Waals surface area contributed by atoms with Crippen LogP contribution in [0.5, 0.6) is 0 Å². The number of hydrogen-bond acceptors (Lipinski definition) is 49. The van der Waals surface area contributed by atoms with Crippen LogP contribution in [0.4, 0.5) is 0 Å². The molecule has 14 aliphatic rings. The van der Waals surface area contributed by atoms with E-state index >= 15 is 0 Å². The minimum absolute atomic E-state index is 0.0458. The predicted molar refractivity (Wildman–Crippen MR) is 436 cm³/mol. The molecule has 14 fully saturated rings. The maximum atomic E-state index is 11.2. The molecule has 0 aromatic rings. The van der Waals surface area contributed by atoms with Crippen LogP contribution in [0, 0.1) is 17.8 Å². The van der Waals surface area contributed by atoms with E-state index in [9.17, 15) is 76.6 Å². The fourth-order valence-electron chi connectivity index (χ4n) is 19.1. The Morgan fingerprint density at radius 1 is 0.307 bits per heavy atom. The van der Waals surface area contributed by atoms with Gasteiger partial charge >= 0.3 is 0 Å². The van der Waals surface area contributed by atoms with Crippen molar-refractivity contribution in [2.75, 3.05) is 59.7 Å². The lowest BCUT2D eigenvalue weighted by atomic mass is 9.84. The number of nitrogens with two attached hydrogens (primary N) is 14. The minimum Gasteiger partial charge on any atom is -0.394 e. The second kappa shape index (κ2) is 44.7. The summed E-state index contributed by atoms with van der Waals surface area (Å²) in [4.78, 5) is 0. The average molecular weight is 1840 g/mol. The molecule has 49 nitrogen and oxygen atoms in total. The van der Waals surface area contributed by atoms with Crippen molar-refractivity contribution in [2.45, 2.75) is 410 Å². The van der Waals surface area contributed by atoms with Crippen molar-refractivity contribution >= 4 is 0 Å². The molecule has 44 N–H and O–H groups in total. The minimum atomic E-state index is -1.48. The van der Waals surface area contributed by atoms with Crippen LogP contribution < -0.4 is 85.6 Å². The molecule has 0 aromatic heterocycles. The predicted octanol–water partition coefficient (Wildman–Crippen LogP) is -15.6. The summed E-state index contributed by atoms with van der Waals surface area (Å²) in [5.74, 6) is -2.10. The van der Waals surface area contributed by atoms with Gasteiger partial charge < -0.3 is 252 Å². The number of rotatable bonds is 28. The fraction of sp³-hybridized carbons (Fsp3) is 1.00. The number of aliphatic hydroxyl groups is 15. The maximum Gasteiger partial charge on any atom is 0.187 e. The highest BCUT2D eigenvalue weighted by Gasteiger charge is 2.61. The van der Waals surface area contributed by atoms with Gasteiger partial charge in [-0.15, -0.1) is 0 Å². The normalized spacial score (nSPS) is 52.0. The molecule has 52 atom stereocenters. The van der Waals surface area contributed by atoms with Crippen LogP contribution in [0.1, 0.15) is 98.3 Å². The van der Waals surface area contributed by atoms with Crippen LogP contribution in [0.3, 0.4) is 0 Å². The summed E-state index contributed by atoms with van der Waals surface area (Å²) in [7, 11) is 1.84. The van der Waals surface area contributed by atoms with Crippen LogP contribution in [0.2, 0.25) is 0 Å². The molecule has 4 saturated carbocycles. The third-order valence-corrected chi connectivity index (χ3v) is 28.1. The second-order valence-corrected chi connectivity index (χ2v) is 37.4. The summed E-state index contributed by atoms with van der Waals surface area (Å²) in [6.45, 7) is 5.63. The van der Waals surface area contributed by atoms with Gasteiger partial charge in [0.2, 0.25) is 0 Å². The smallest absolute Gasteiger partial charge is 0.187 e. The Hall–Kier alpha value is -1.96. The second-order valence-electron chi connectivity index (χ2n) is 37.4. The topological polar surface area (TPSA) is 855 Å². The molecule has 0 radical (unpaired) electrons. The van der Waals surface area contributed by atoms with Crippen LogP contribution in [-0.4, -0.2) is 448 Å². The molecule has 0 bridgehead atoms. The molecule has 740 valence electrons. The van der Waals surface area contributed by atoms with Gasteiger partial charge in [0.15, 0.2) is 56.6 Å². The van der Waals surface area contributed by atoms with E-state index in [4.69, 9.17) is 170 Å². The summed E-state index contributed by atoms with van der Waals surface area (Å²) in [5, 5.41) is 162. The van der Waals surface area contributed by atoms with E-state index in [0.29, 0.717) is 45.3 Å². The zero-order chi connectivity index (χ0) is 92.6. The van der Waals surface area contributed by atoms with Crippen molar-refractivity contribution in [1.29, 1.82) is 0 Å². The maximum absolute atomic E-state index is 11.2. The van der Waals surface area contributed by atoms with Gasteiger partial charge in [-0.1, -0.05) is 20.8 Å². The number of aliphatic hydroxyl groups excluding tert-OH is 15. The number of likely N-dealkylation sites (N-methyl/N-ethyl adjacent to an activating group) is 1. The molecule has 52 unspecified atom stereocenters. The first-order chi connectivity index (χ1) is 60.2. The van der Waals surface area contributed by atoms with E-state index < -0.39 is 324 Å². The summed E-state index contributed by atoms with van der Waals surface area (Å²) in [6, 6.07) is -5.68. The zero-order valence-electron chi connectivity index (χ0n) is 72.5. The molecule has 0 aromatic carbocycles. The lowest BCUT2D eigenvalue weighted by molar-refractivity contribution is -0.300. The quantitative estimate of drug-likeness (QED) is 0.0346. The van der Waals surface area contributed by atoms with Gasteiger partial charge in [-0.3, -0.25) is 0 Å². The summed E-state index contributed by atoms with van der Waals surface area (Å²) in [5.41, 5.74) is 85.6. The highest BCUT2D eigenvalue weighted by Crippen LogP contribution is 2.45. The monoisotopic (exact) mass is 1840 g/mol. The van der Waals surface area contributed by atoms with E-state index in [0.717, 1.165) is 19.3 Å². The van der Waals surface area contributed by atoms with E-state index in [2.05, 4.69) is 5.32 Å². The van der Waals surface area contributed by atoms with Gasteiger partial charge in [0.25, 0.3) is 0 Å². The molecule has 49 heteroatoms. The molecule has 127 heavy (non-hydrogen) atoms. The van der Waals surface area contributed by atoms with E-state index in [1.165, 1.54) is 0 Å². The SMILES string of the molecule is CC1C(OC2C(CO)OC(OC3C(O)C(N)CC(N)C3OC3OC(C4(N)CC4)CCC3N)C2O)OC(CN)C(O)C1O.CC1C(OC2C(CO)OC(OC3C(O)C(N)CC(N)C3OC3OC(C4(N)COC4)CCC3N)C2O)OC(CN)C(O)C1O.CNC(C)C1CCC(N)C(OC2C(N)CC(N)C(O)C2OC2OC(CO)C(OC3OC(CN)C(O)C(O)C3C)C2O)O1. The van der Waals surface area contributed by atoms with Crippen molar-refractivity contribution in [1.82, 2.24) is 5.32 Å². The fourth-order valence-corrected chi connectivity index (χ4v) is 19.1.